The van der Waals surface area contributed by atoms with E-state index in [0.717, 1.165) is 15.8 Å². The summed E-state index contributed by atoms with van der Waals surface area (Å²) in [5, 5.41) is 5.82. The van der Waals surface area contributed by atoms with E-state index in [9.17, 15) is 0 Å². The molecule has 2 nitrogen and oxygen atoms in total. The van der Waals surface area contributed by atoms with Crippen LogP contribution in [0.1, 0.15) is 0 Å². The molecule has 3 aromatic rings. The second kappa shape index (κ2) is 4.78. The summed E-state index contributed by atoms with van der Waals surface area (Å²) in [5.74, 6) is 0. The molecule has 1 aromatic heterocycles. The zero-order valence-electron chi connectivity index (χ0n) is 9.60. The first-order chi connectivity index (χ1) is 8.84. The third kappa shape index (κ3) is 2.09. The van der Waals surface area contributed by atoms with Crippen LogP contribution in [0, 0.1) is 0 Å². The second-order valence-corrected chi connectivity index (χ2v) is 4.86. The summed E-state index contributed by atoms with van der Waals surface area (Å²) in [6, 6.07) is 16.4. The standard InChI is InChI=1S/C15H11BrN2/c16-14-5-6-15(13-4-2-1-3-12(13)14)18-11-7-9-17-10-8-11/h1-10H,(H,17,18). The predicted octanol–water partition coefficient (Wildman–Crippen LogP) is 4.74. The Kier molecular flexibility index (Phi) is 2.99. The van der Waals surface area contributed by atoms with E-state index in [4.69, 9.17) is 0 Å². The van der Waals surface area contributed by atoms with Crippen LogP contribution in [0.2, 0.25) is 0 Å². The van der Waals surface area contributed by atoms with Gasteiger partial charge in [-0.1, -0.05) is 40.2 Å². The van der Waals surface area contributed by atoms with E-state index in [1.165, 1.54) is 10.8 Å². The van der Waals surface area contributed by atoms with Gasteiger partial charge in [0.1, 0.15) is 0 Å². The molecule has 3 rings (SSSR count). The molecule has 88 valence electrons. The number of fused-ring (bicyclic) bond motifs is 1. The van der Waals surface area contributed by atoms with Crippen LogP contribution in [-0.2, 0) is 0 Å². The van der Waals surface area contributed by atoms with Gasteiger partial charge in [-0.25, -0.2) is 0 Å². The van der Waals surface area contributed by atoms with Crippen LogP contribution >= 0.6 is 15.9 Å². The van der Waals surface area contributed by atoms with Crippen LogP contribution in [-0.4, -0.2) is 4.98 Å². The highest BCUT2D eigenvalue weighted by atomic mass is 79.9. The van der Waals surface area contributed by atoms with Gasteiger partial charge >= 0.3 is 0 Å². The maximum Gasteiger partial charge on any atom is 0.0464 e. The van der Waals surface area contributed by atoms with Crippen molar-refractivity contribution in [2.24, 2.45) is 0 Å². The molecule has 0 aliphatic rings. The number of nitrogens with zero attached hydrogens (tertiary/aromatic N) is 1. The Hall–Kier alpha value is -1.87. The Bertz CT molecular complexity index is 680. The topological polar surface area (TPSA) is 24.9 Å². The van der Waals surface area contributed by atoms with Gasteiger partial charge in [-0.3, -0.25) is 4.98 Å². The number of aromatic nitrogens is 1. The minimum absolute atomic E-state index is 1.04. The molecule has 0 radical (unpaired) electrons. The third-order valence-corrected chi connectivity index (χ3v) is 3.52. The molecule has 1 N–H and O–H groups in total. The molecular weight excluding hydrogens is 288 g/mol. The van der Waals surface area contributed by atoms with Gasteiger partial charge in [-0.05, 0) is 29.7 Å². The Morgan fingerprint density at radius 2 is 1.56 bits per heavy atom. The first-order valence-electron chi connectivity index (χ1n) is 5.69. The fraction of sp³-hybridized carbons (Fsp3) is 0. The minimum atomic E-state index is 1.04. The molecule has 0 fully saturated rings. The average molecular weight is 299 g/mol. The van der Waals surface area contributed by atoms with Crippen molar-refractivity contribution in [2.45, 2.75) is 0 Å². The molecule has 0 atom stereocenters. The minimum Gasteiger partial charge on any atom is -0.355 e. The quantitative estimate of drug-likeness (QED) is 0.739. The van der Waals surface area contributed by atoms with Crippen molar-refractivity contribution < 1.29 is 0 Å². The van der Waals surface area contributed by atoms with E-state index in [1.54, 1.807) is 12.4 Å². The Balaban J connectivity index is 2.10. The molecule has 0 aliphatic heterocycles. The maximum atomic E-state index is 4.02. The van der Waals surface area contributed by atoms with Gasteiger partial charge < -0.3 is 5.32 Å². The first kappa shape index (κ1) is 11.2. The Morgan fingerprint density at radius 1 is 0.833 bits per heavy atom. The zero-order valence-corrected chi connectivity index (χ0v) is 11.2. The van der Waals surface area contributed by atoms with E-state index in [0.29, 0.717) is 0 Å². The largest absolute Gasteiger partial charge is 0.355 e. The maximum absolute atomic E-state index is 4.02. The van der Waals surface area contributed by atoms with Crippen molar-refractivity contribution in [1.29, 1.82) is 0 Å². The lowest BCUT2D eigenvalue weighted by atomic mass is 10.1. The number of nitrogens with one attached hydrogen (secondary N) is 1. The van der Waals surface area contributed by atoms with E-state index >= 15 is 0 Å². The van der Waals surface area contributed by atoms with Gasteiger partial charge in [-0.2, -0.15) is 0 Å². The number of hydrogen-bond acceptors (Lipinski definition) is 2. The lowest BCUT2D eigenvalue weighted by Gasteiger charge is -2.10. The third-order valence-electron chi connectivity index (χ3n) is 2.83. The van der Waals surface area contributed by atoms with Gasteiger partial charge in [0, 0.05) is 33.6 Å². The molecule has 0 aliphatic carbocycles. The highest BCUT2D eigenvalue weighted by Crippen LogP contribution is 2.31. The SMILES string of the molecule is Brc1ccc(Nc2ccncc2)c2ccccc12. The van der Waals surface area contributed by atoms with Crippen LogP contribution < -0.4 is 5.32 Å². The second-order valence-electron chi connectivity index (χ2n) is 4.00. The summed E-state index contributed by atoms with van der Waals surface area (Å²) < 4.78 is 1.11. The van der Waals surface area contributed by atoms with Crippen molar-refractivity contribution in [3.63, 3.8) is 0 Å². The number of hydrogen-bond donors (Lipinski definition) is 1. The molecule has 2 aromatic carbocycles. The Labute approximate surface area is 114 Å². The monoisotopic (exact) mass is 298 g/mol. The van der Waals surface area contributed by atoms with Crippen molar-refractivity contribution >= 4 is 38.1 Å². The van der Waals surface area contributed by atoms with Gasteiger partial charge in [0.25, 0.3) is 0 Å². The summed E-state index contributed by atoms with van der Waals surface area (Å²) in [6.07, 6.45) is 3.56. The van der Waals surface area contributed by atoms with Crippen LogP contribution in [0.25, 0.3) is 10.8 Å². The normalized spacial score (nSPS) is 10.5. The molecule has 0 saturated heterocycles. The summed E-state index contributed by atoms with van der Waals surface area (Å²) >= 11 is 3.58. The molecule has 18 heavy (non-hydrogen) atoms. The molecule has 0 amide bonds. The number of halogens is 1. The summed E-state index contributed by atoms with van der Waals surface area (Å²) in [5.41, 5.74) is 2.14. The summed E-state index contributed by atoms with van der Waals surface area (Å²) in [7, 11) is 0. The van der Waals surface area contributed by atoms with E-state index in [1.807, 2.05) is 24.3 Å². The van der Waals surface area contributed by atoms with Crippen LogP contribution in [0.15, 0.2) is 65.4 Å². The molecule has 0 saturated carbocycles. The molecule has 0 unspecified atom stereocenters. The Morgan fingerprint density at radius 3 is 2.33 bits per heavy atom. The van der Waals surface area contributed by atoms with Crippen LogP contribution in [0.3, 0.4) is 0 Å². The van der Waals surface area contributed by atoms with Gasteiger partial charge in [0.05, 0.1) is 0 Å². The van der Waals surface area contributed by atoms with E-state index in [-0.39, 0.29) is 0 Å². The van der Waals surface area contributed by atoms with Crippen molar-refractivity contribution in [2.75, 3.05) is 5.32 Å². The molecule has 0 spiro atoms. The molecule has 3 heteroatoms. The lowest BCUT2D eigenvalue weighted by molar-refractivity contribution is 1.33. The zero-order chi connectivity index (χ0) is 12.4. The molecular formula is C15H11BrN2. The lowest BCUT2D eigenvalue weighted by Crippen LogP contribution is -1.91. The number of rotatable bonds is 2. The molecule has 1 heterocycles. The van der Waals surface area contributed by atoms with E-state index < -0.39 is 0 Å². The van der Waals surface area contributed by atoms with E-state index in [2.05, 4.69) is 50.5 Å². The fourth-order valence-electron chi connectivity index (χ4n) is 1.96. The van der Waals surface area contributed by atoms with Crippen LogP contribution in [0.4, 0.5) is 11.4 Å². The fourth-order valence-corrected chi connectivity index (χ4v) is 2.44. The van der Waals surface area contributed by atoms with Crippen molar-refractivity contribution in [1.82, 2.24) is 4.98 Å². The summed E-state index contributed by atoms with van der Waals surface area (Å²) in [4.78, 5) is 4.02. The smallest absolute Gasteiger partial charge is 0.0464 e. The van der Waals surface area contributed by atoms with Gasteiger partial charge in [0.15, 0.2) is 0 Å². The van der Waals surface area contributed by atoms with Crippen LogP contribution in [0.5, 0.6) is 0 Å². The highest BCUT2D eigenvalue weighted by Gasteiger charge is 2.03. The van der Waals surface area contributed by atoms with Gasteiger partial charge in [0.2, 0.25) is 0 Å². The summed E-state index contributed by atoms with van der Waals surface area (Å²) in [6.45, 7) is 0. The van der Waals surface area contributed by atoms with Crippen molar-refractivity contribution in [3.8, 4) is 0 Å². The predicted molar refractivity (Wildman–Crippen MR) is 79.2 cm³/mol. The number of benzene rings is 2. The van der Waals surface area contributed by atoms with Gasteiger partial charge in [-0.15, -0.1) is 0 Å². The molecule has 0 bridgehead atoms. The average Bonchev–Trinajstić information content (AvgIpc) is 2.44. The number of anilines is 2. The first-order valence-corrected chi connectivity index (χ1v) is 6.48. The van der Waals surface area contributed by atoms with Crippen molar-refractivity contribution in [3.05, 3.63) is 65.4 Å². The number of pyridine rings is 1. The highest BCUT2D eigenvalue weighted by molar-refractivity contribution is 9.10.